The lowest BCUT2D eigenvalue weighted by Crippen LogP contribution is -1.85. The molecule has 0 atom stereocenters. The third-order valence-electron chi connectivity index (χ3n) is 2.98. The number of hydrogen-bond acceptors (Lipinski definition) is 4. The smallest absolute Gasteiger partial charge is 0.202 e. The van der Waals surface area contributed by atoms with Crippen LogP contribution in [-0.2, 0) is 6.42 Å². The largest absolute Gasteiger partial charge is 0.440 e. The van der Waals surface area contributed by atoms with Gasteiger partial charge in [0, 0.05) is 8.41 Å². The zero-order valence-corrected chi connectivity index (χ0v) is 12.2. The number of oxazole rings is 1. The minimum absolute atomic E-state index is 0. The summed E-state index contributed by atoms with van der Waals surface area (Å²) >= 11 is 1.69. The summed E-state index contributed by atoms with van der Waals surface area (Å²) in [6, 6.07) is 16.0. The first-order chi connectivity index (χ1) is 9.38. The standard InChI is InChI=1S/C15H10N2OS.B.2FH/c1-3-7-12-10(5-1)16-14(18-12)9-15-17-11-6-2-4-8-13(11)19-15;;;/h1-8H,9H2;;2*1H. The lowest BCUT2D eigenvalue weighted by molar-refractivity contribution is 0.544. The molecule has 2 aromatic heterocycles. The fourth-order valence-electron chi connectivity index (χ4n) is 2.12. The van der Waals surface area contributed by atoms with E-state index in [1.54, 1.807) is 11.3 Å². The normalized spacial score (nSPS) is 9.82. The minimum atomic E-state index is 0. The zero-order valence-electron chi connectivity index (χ0n) is 11.4. The summed E-state index contributed by atoms with van der Waals surface area (Å²) in [5.41, 5.74) is 2.77. The van der Waals surface area contributed by atoms with Crippen molar-refractivity contribution in [2.75, 3.05) is 0 Å². The van der Waals surface area contributed by atoms with Gasteiger partial charge in [0.1, 0.15) is 10.5 Å². The van der Waals surface area contributed by atoms with Crippen LogP contribution in [0, 0.1) is 0 Å². The maximum Gasteiger partial charge on any atom is 0.202 e. The van der Waals surface area contributed by atoms with Gasteiger partial charge in [-0.25, -0.2) is 9.97 Å². The van der Waals surface area contributed by atoms with Gasteiger partial charge in [0.25, 0.3) is 0 Å². The Hall–Kier alpha value is -2.28. The second-order valence-electron chi connectivity index (χ2n) is 4.33. The summed E-state index contributed by atoms with van der Waals surface area (Å²) in [5, 5.41) is 1.03. The van der Waals surface area contributed by atoms with E-state index in [4.69, 9.17) is 4.42 Å². The molecule has 22 heavy (non-hydrogen) atoms. The van der Waals surface area contributed by atoms with Crippen LogP contribution in [0.3, 0.4) is 0 Å². The van der Waals surface area contributed by atoms with Gasteiger partial charge in [-0.15, -0.1) is 11.3 Å². The average Bonchev–Trinajstić information content (AvgIpc) is 3.00. The van der Waals surface area contributed by atoms with Gasteiger partial charge in [0.05, 0.1) is 16.6 Å². The van der Waals surface area contributed by atoms with Crippen molar-refractivity contribution in [2.24, 2.45) is 0 Å². The second-order valence-corrected chi connectivity index (χ2v) is 5.44. The van der Waals surface area contributed by atoms with E-state index in [1.165, 1.54) is 4.70 Å². The SMILES string of the molecule is F.F.[B].c1ccc2oc(Cc3nc4ccccc4s3)nc2c1. The Morgan fingerprint density at radius 1 is 0.864 bits per heavy atom. The topological polar surface area (TPSA) is 38.9 Å². The number of rotatable bonds is 2. The number of aromatic nitrogens is 2. The van der Waals surface area contributed by atoms with E-state index >= 15 is 0 Å². The van der Waals surface area contributed by atoms with Crippen LogP contribution in [0.25, 0.3) is 21.3 Å². The van der Waals surface area contributed by atoms with E-state index in [0.29, 0.717) is 6.42 Å². The first kappa shape index (κ1) is 17.8. The van der Waals surface area contributed by atoms with Gasteiger partial charge in [-0.2, -0.15) is 0 Å². The minimum Gasteiger partial charge on any atom is -0.440 e. The third-order valence-corrected chi connectivity index (χ3v) is 4.02. The van der Waals surface area contributed by atoms with Crippen LogP contribution >= 0.6 is 11.3 Å². The van der Waals surface area contributed by atoms with Crippen LogP contribution in [0.5, 0.6) is 0 Å². The molecule has 0 fully saturated rings. The molecule has 0 spiro atoms. The highest BCUT2D eigenvalue weighted by atomic mass is 32.1. The molecule has 0 amide bonds. The predicted octanol–water partition coefficient (Wildman–Crippen LogP) is 3.95. The molecule has 0 saturated heterocycles. The van der Waals surface area contributed by atoms with Gasteiger partial charge in [-0.05, 0) is 24.3 Å². The monoisotopic (exact) mass is 317 g/mol. The van der Waals surface area contributed by atoms with Gasteiger partial charge in [-0.1, -0.05) is 24.3 Å². The molecule has 3 radical (unpaired) electrons. The number of para-hydroxylation sites is 3. The number of fused-ring (bicyclic) bond motifs is 2. The fraction of sp³-hybridized carbons (Fsp3) is 0.0667. The highest BCUT2D eigenvalue weighted by molar-refractivity contribution is 7.18. The molecule has 3 nitrogen and oxygen atoms in total. The van der Waals surface area contributed by atoms with Crippen molar-refractivity contribution in [1.29, 1.82) is 0 Å². The summed E-state index contributed by atoms with van der Waals surface area (Å²) in [5.74, 6) is 0.722. The van der Waals surface area contributed by atoms with Crippen LogP contribution in [0.1, 0.15) is 10.9 Å². The summed E-state index contributed by atoms with van der Waals surface area (Å²) in [7, 11) is 0. The number of nitrogens with zero attached hydrogens (tertiary/aromatic N) is 2. The van der Waals surface area contributed by atoms with E-state index in [0.717, 1.165) is 27.5 Å². The van der Waals surface area contributed by atoms with Crippen LogP contribution in [0.2, 0.25) is 0 Å². The lowest BCUT2D eigenvalue weighted by Gasteiger charge is -1.88. The molecule has 0 unspecified atom stereocenters. The molecule has 0 saturated carbocycles. The van der Waals surface area contributed by atoms with Crippen molar-refractivity contribution < 1.29 is 13.8 Å². The van der Waals surface area contributed by atoms with Crippen molar-refractivity contribution in [3.8, 4) is 0 Å². The van der Waals surface area contributed by atoms with Crippen molar-refractivity contribution in [2.45, 2.75) is 6.42 Å². The molecule has 111 valence electrons. The van der Waals surface area contributed by atoms with Crippen LogP contribution in [0.4, 0.5) is 9.41 Å². The van der Waals surface area contributed by atoms with Crippen molar-refractivity contribution in [3.05, 3.63) is 59.4 Å². The Labute approximate surface area is 131 Å². The Bertz CT molecular complexity index is 740. The van der Waals surface area contributed by atoms with Crippen LogP contribution in [0.15, 0.2) is 52.9 Å². The molecule has 0 aliphatic rings. The Balaban J connectivity index is 0.000000807. The summed E-state index contributed by atoms with van der Waals surface area (Å²) in [6.07, 6.45) is 0.647. The molecule has 0 N–H and O–H groups in total. The van der Waals surface area contributed by atoms with Gasteiger partial charge in [0.2, 0.25) is 5.89 Å². The van der Waals surface area contributed by atoms with E-state index in [9.17, 15) is 0 Å². The molecule has 7 heteroatoms. The number of hydrogen-bond donors (Lipinski definition) is 0. The van der Waals surface area contributed by atoms with Crippen molar-refractivity contribution in [3.63, 3.8) is 0 Å². The highest BCUT2D eigenvalue weighted by Gasteiger charge is 2.09. The molecule has 0 aliphatic heterocycles. The highest BCUT2D eigenvalue weighted by Crippen LogP contribution is 2.24. The van der Waals surface area contributed by atoms with E-state index < -0.39 is 0 Å². The quantitative estimate of drug-likeness (QED) is 0.525. The van der Waals surface area contributed by atoms with Crippen molar-refractivity contribution >= 4 is 41.1 Å². The summed E-state index contributed by atoms with van der Waals surface area (Å²) in [6.45, 7) is 0. The maximum atomic E-state index is 5.72. The molecule has 4 aromatic rings. The average molecular weight is 317 g/mol. The van der Waals surface area contributed by atoms with Crippen LogP contribution < -0.4 is 0 Å². The molecular formula is C15H12BF2N2OS. The maximum absolute atomic E-state index is 5.72. The first-order valence-corrected chi connectivity index (χ1v) is 6.89. The summed E-state index contributed by atoms with van der Waals surface area (Å²) < 4.78 is 6.93. The first-order valence-electron chi connectivity index (χ1n) is 6.07. The van der Waals surface area contributed by atoms with Gasteiger partial charge in [0.15, 0.2) is 5.58 Å². The number of thiazole rings is 1. The fourth-order valence-corrected chi connectivity index (χ4v) is 3.08. The number of halogens is 2. The molecule has 2 heterocycles. The molecule has 0 bridgehead atoms. The Morgan fingerprint density at radius 2 is 1.55 bits per heavy atom. The summed E-state index contributed by atoms with van der Waals surface area (Å²) in [4.78, 5) is 9.07. The van der Waals surface area contributed by atoms with Gasteiger partial charge >= 0.3 is 0 Å². The molecular weight excluding hydrogens is 305 g/mol. The molecule has 2 aromatic carbocycles. The van der Waals surface area contributed by atoms with Crippen LogP contribution in [-0.4, -0.2) is 18.4 Å². The predicted molar refractivity (Wildman–Crippen MR) is 87.2 cm³/mol. The van der Waals surface area contributed by atoms with Crippen molar-refractivity contribution in [1.82, 2.24) is 9.97 Å². The number of benzene rings is 2. The molecule has 0 aliphatic carbocycles. The third kappa shape index (κ3) is 3.14. The van der Waals surface area contributed by atoms with E-state index in [1.807, 2.05) is 42.5 Å². The van der Waals surface area contributed by atoms with E-state index in [-0.39, 0.29) is 17.8 Å². The van der Waals surface area contributed by atoms with Gasteiger partial charge in [-0.3, -0.25) is 9.41 Å². The second kappa shape index (κ2) is 7.13. The Kier molecular flexibility index (Phi) is 5.76. The Morgan fingerprint density at radius 3 is 2.27 bits per heavy atom. The van der Waals surface area contributed by atoms with Gasteiger partial charge < -0.3 is 4.42 Å². The molecule has 4 rings (SSSR count). The zero-order chi connectivity index (χ0) is 12.7. The van der Waals surface area contributed by atoms with E-state index in [2.05, 4.69) is 16.0 Å². The lowest BCUT2D eigenvalue weighted by atomic mass is 10.3.